The third-order valence-corrected chi connectivity index (χ3v) is 2.85. The van der Waals surface area contributed by atoms with Crippen molar-refractivity contribution in [2.75, 3.05) is 7.11 Å². The number of carbonyl (C=O) groups is 1. The molecule has 2 N–H and O–H groups in total. The molecule has 2 atom stereocenters. The Morgan fingerprint density at radius 2 is 2.25 bits per heavy atom. The summed E-state index contributed by atoms with van der Waals surface area (Å²) in [6.45, 7) is 1.77. The maximum Gasteiger partial charge on any atom is 0.377 e. The van der Waals surface area contributed by atoms with Gasteiger partial charge < -0.3 is 10.5 Å². The zero-order chi connectivity index (χ0) is 14.7. The van der Waals surface area contributed by atoms with Crippen LogP contribution in [0.5, 0.6) is 0 Å². The molecule has 6 nitrogen and oxygen atoms in total. The monoisotopic (exact) mass is 278 g/mol. The van der Waals surface area contributed by atoms with Crippen molar-refractivity contribution in [2.24, 2.45) is 5.73 Å². The van der Waals surface area contributed by atoms with Gasteiger partial charge in [0.15, 0.2) is 0 Å². The number of hydrogen-bond acceptors (Lipinski definition) is 5. The number of benzene rings is 1. The highest BCUT2D eigenvalue weighted by Gasteiger charge is 2.22. The van der Waals surface area contributed by atoms with Crippen LogP contribution in [0, 0.1) is 5.82 Å². The largest absolute Gasteiger partial charge is 0.463 e. The van der Waals surface area contributed by atoms with Gasteiger partial charge in [0.05, 0.1) is 13.2 Å². The van der Waals surface area contributed by atoms with E-state index in [4.69, 9.17) is 5.73 Å². The molecule has 20 heavy (non-hydrogen) atoms. The average Bonchev–Trinajstić information content (AvgIpc) is 2.87. The fourth-order valence-electron chi connectivity index (χ4n) is 1.98. The number of hydrogen-bond donors (Lipinski definition) is 1. The maximum absolute atomic E-state index is 13.3. The molecule has 106 valence electrons. The lowest BCUT2D eigenvalue weighted by Gasteiger charge is -2.21. The summed E-state index contributed by atoms with van der Waals surface area (Å²) in [7, 11) is 1.25. The van der Waals surface area contributed by atoms with Crippen LogP contribution in [0.15, 0.2) is 30.6 Å². The Balaban J connectivity index is 2.39. The number of methoxy groups -OCH3 is 1. The number of halogens is 1. The van der Waals surface area contributed by atoms with E-state index in [-0.39, 0.29) is 17.7 Å². The van der Waals surface area contributed by atoms with Crippen LogP contribution in [0.4, 0.5) is 4.39 Å². The lowest BCUT2D eigenvalue weighted by atomic mass is 10.0. The van der Waals surface area contributed by atoms with Crippen molar-refractivity contribution in [1.29, 1.82) is 0 Å². The third-order valence-electron chi connectivity index (χ3n) is 2.85. The third kappa shape index (κ3) is 2.83. The van der Waals surface area contributed by atoms with Crippen molar-refractivity contribution in [3.05, 3.63) is 47.8 Å². The highest BCUT2D eigenvalue weighted by Crippen LogP contribution is 2.21. The molecule has 2 aromatic rings. The smallest absolute Gasteiger partial charge is 0.377 e. The van der Waals surface area contributed by atoms with Gasteiger partial charge in [-0.2, -0.15) is 0 Å². The molecule has 2 rings (SSSR count). The Morgan fingerprint density at radius 1 is 1.50 bits per heavy atom. The molecule has 0 amide bonds. The van der Waals surface area contributed by atoms with E-state index in [0.29, 0.717) is 5.56 Å². The standard InChI is InChI=1S/C13H15FN4O2/c1-8(15)11(9-4-3-5-10(14)6-9)18-7-16-12(17-18)13(19)20-2/h3-8,11H,15H2,1-2H3. The second-order valence-corrected chi connectivity index (χ2v) is 4.40. The van der Waals surface area contributed by atoms with Gasteiger partial charge in [-0.25, -0.2) is 18.9 Å². The Bertz CT molecular complexity index is 612. The molecular weight excluding hydrogens is 263 g/mol. The number of carbonyl (C=O) groups excluding carboxylic acids is 1. The summed E-state index contributed by atoms with van der Waals surface area (Å²) in [6, 6.07) is 5.31. The zero-order valence-corrected chi connectivity index (χ0v) is 11.2. The molecule has 0 fully saturated rings. The summed E-state index contributed by atoms with van der Waals surface area (Å²) in [5, 5.41) is 4.04. The normalized spacial score (nSPS) is 13.8. The Kier molecular flexibility index (Phi) is 4.09. The average molecular weight is 278 g/mol. The fraction of sp³-hybridized carbons (Fsp3) is 0.308. The first kappa shape index (κ1) is 14.1. The van der Waals surface area contributed by atoms with E-state index in [1.165, 1.54) is 30.3 Å². The molecule has 0 saturated carbocycles. The predicted molar refractivity (Wildman–Crippen MR) is 69.5 cm³/mol. The summed E-state index contributed by atoms with van der Waals surface area (Å²) >= 11 is 0. The Labute approximate surface area is 115 Å². The molecule has 2 unspecified atom stereocenters. The maximum atomic E-state index is 13.3. The van der Waals surface area contributed by atoms with Crippen LogP contribution in [0.3, 0.4) is 0 Å². The van der Waals surface area contributed by atoms with Crippen LogP contribution in [0.2, 0.25) is 0 Å². The number of nitrogens with zero attached hydrogens (tertiary/aromatic N) is 3. The van der Waals surface area contributed by atoms with Gasteiger partial charge in [0.2, 0.25) is 0 Å². The molecule has 0 saturated heterocycles. The predicted octanol–water partition coefficient (Wildman–Crippen LogP) is 1.14. The Hall–Kier alpha value is -2.28. The second-order valence-electron chi connectivity index (χ2n) is 4.40. The summed E-state index contributed by atoms with van der Waals surface area (Å²) in [5.74, 6) is -1.05. The van der Waals surface area contributed by atoms with Gasteiger partial charge in [0, 0.05) is 6.04 Å². The number of nitrogens with two attached hydrogens (primary N) is 1. The van der Waals surface area contributed by atoms with Gasteiger partial charge in [-0.15, -0.1) is 5.10 Å². The van der Waals surface area contributed by atoms with Crippen molar-refractivity contribution < 1.29 is 13.9 Å². The second kappa shape index (κ2) is 5.79. The zero-order valence-electron chi connectivity index (χ0n) is 11.2. The van der Waals surface area contributed by atoms with Gasteiger partial charge >= 0.3 is 5.97 Å². The molecule has 0 bridgehead atoms. The molecule has 0 radical (unpaired) electrons. The molecule has 1 heterocycles. The quantitative estimate of drug-likeness (QED) is 0.848. The van der Waals surface area contributed by atoms with Crippen molar-refractivity contribution in [3.63, 3.8) is 0 Å². The number of ether oxygens (including phenoxy) is 1. The van der Waals surface area contributed by atoms with E-state index in [0.717, 1.165) is 0 Å². The van der Waals surface area contributed by atoms with Gasteiger partial charge in [0.1, 0.15) is 12.1 Å². The number of rotatable bonds is 4. The van der Waals surface area contributed by atoms with E-state index in [9.17, 15) is 9.18 Å². The lowest BCUT2D eigenvalue weighted by Crippen LogP contribution is -2.31. The van der Waals surface area contributed by atoms with E-state index in [2.05, 4.69) is 14.8 Å². The highest BCUT2D eigenvalue weighted by molar-refractivity contribution is 5.84. The minimum absolute atomic E-state index is 0.0606. The van der Waals surface area contributed by atoms with Crippen molar-refractivity contribution in [3.8, 4) is 0 Å². The van der Waals surface area contributed by atoms with Crippen molar-refractivity contribution >= 4 is 5.97 Å². The Morgan fingerprint density at radius 3 is 2.85 bits per heavy atom. The molecule has 0 aliphatic heterocycles. The SMILES string of the molecule is COC(=O)c1ncn(C(c2cccc(F)c2)C(C)N)n1. The minimum atomic E-state index is -0.633. The lowest BCUT2D eigenvalue weighted by molar-refractivity contribution is 0.0586. The van der Waals surface area contributed by atoms with Crippen LogP contribution >= 0.6 is 0 Å². The highest BCUT2D eigenvalue weighted by atomic mass is 19.1. The van der Waals surface area contributed by atoms with E-state index in [1.54, 1.807) is 19.1 Å². The summed E-state index contributed by atoms with van der Waals surface area (Å²) in [6.07, 6.45) is 1.38. The van der Waals surface area contributed by atoms with Crippen LogP contribution in [-0.4, -0.2) is 33.9 Å². The van der Waals surface area contributed by atoms with Crippen molar-refractivity contribution in [1.82, 2.24) is 14.8 Å². The van der Waals surface area contributed by atoms with Gasteiger partial charge in [-0.3, -0.25) is 0 Å². The first-order chi connectivity index (χ1) is 9.52. The molecule has 0 spiro atoms. The fourth-order valence-corrected chi connectivity index (χ4v) is 1.98. The molecule has 1 aromatic carbocycles. The molecule has 7 heteroatoms. The first-order valence-electron chi connectivity index (χ1n) is 6.03. The van der Waals surface area contributed by atoms with Crippen LogP contribution in [-0.2, 0) is 4.74 Å². The first-order valence-corrected chi connectivity index (χ1v) is 6.03. The van der Waals surface area contributed by atoms with Crippen LogP contribution < -0.4 is 5.73 Å². The molecule has 0 aliphatic carbocycles. The minimum Gasteiger partial charge on any atom is -0.463 e. The summed E-state index contributed by atoms with van der Waals surface area (Å²) < 4.78 is 19.3. The molecular formula is C13H15FN4O2. The molecule has 1 aromatic heterocycles. The van der Waals surface area contributed by atoms with E-state index >= 15 is 0 Å². The van der Waals surface area contributed by atoms with Gasteiger partial charge in [-0.05, 0) is 24.6 Å². The molecule has 0 aliphatic rings. The topological polar surface area (TPSA) is 83.0 Å². The van der Waals surface area contributed by atoms with E-state index < -0.39 is 12.0 Å². The van der Waals surface area contributed by atoms with Crippen LogP contribution in [0.1, 0.15) is 29.1 Å². The van der Waals surface area contributed by atoms with E-state index in [1.807, 2.05) is 0 Å². The van der Waals surface area contributed by atoms with Gasteiger partial charge in [0.25, 0.3) is 5.82 Å². The van der Waals surface area contributed by atoms with Gasteiger partial charge in [-0.1, -0.05) is 12.1 Å². The van der Waals surface area contributed by atoms with Crippen molar-refractivity contribution in [2.45, 2.75) is 19.0 Å². The number of aromatic nitrogens is 3. The van der Waals surface area contributed by atoms with Crippen LogP contribution in [0.25, 0.3) is 0 Å². The number of esters is 1. The summed E-state index contributed by atoms with van der Waals surface area (Å²) in [5.41, 5.74) is 6.60. The summed E-state index contributed by atoms with van der Waals surface area (Å²) in [4.78, 5) is 15.2.